The number of nitrogens with two attached hydrogens (primary N) is 1. The quantitative estimate of drug-likeness (QED) is 0.190. The zero-order valence-electron chi connectivity index (χ0n) is 17.5. The molecule has 0 heterocycles. The molecule has 0 aromatic rings. The Balaban J connectivity index is 5.32. The fourth-order valence-corrected chi connectivity index (χ4v) is 2.65. The first-order valence-electron chi connectivity index (χ1n) is 9.50. The summed E-state index contributed by atoms with van der Waals surface area (Å²) in [6.45, 7) is 8.29. The summed E-state index contributed by atoms with van der Waals surface area (Å²) in [7, 11) is 0. The molecule has 0 rings (SSSR count). The van der Waals surface area contributed by atoms with Gasteiger partial charge in [-0.15, -0.1) is 0 Å². The van der Waals surface area contributed by atoms with Crippen molar-refractivity contribution in [3.8, 4) is 0 Å². The van der Waals surface area contributed by atoms with Crippen LogP contribution >= 0.6 is 12.6 Å². The summed E-state index contributed by atoms with van der Waals surface area (Å²) in [5.41, 5.74) is 5.61. The number of aliphatic hydroxyl groups is 1. The molecule has 10 nitrogen and oxygen atoms in total. The highest BCUT2D eigenvalue weighted by atomic mass is 32.1. The molecule has 3 amide bonds. The number of amides is 3. The Labute approximate surface area is 176 Å². The number of rotatable bonds is 12. The molecular formula is C18H34N4O6S. The minimum Gasteiger partial charge on any atom is -0.480 e. The van der Waals surface area contributed by atoms with Gasteiger partial charge < -0.3 is 31.9 Å². The number of nitrogens with one attached hydrogen (secondary N) is 3. The summed E-state index contributed by atoms with van der Waals surface area (Å²) >= 11 is 3.94. The van der Waals surface area contributed by atoms with E-state index in [1.807, 2.05) is 13.8 Å². The van der Waals surface area contributed by atoms with Crippen molar-refractivity contribution >= 4 is 36.3 Å². The Morgan fingerprint density at radius 2 is 1.38 bits per heavy atom. The average molecular weight is 435 g/mol. The lowest BCUT2D eigenvalue weighted by Gasteiger charge is -2.28. The standard InChI is InChI=1S/C18H34N4O6S/c1-8(2)6-12(18(27)28)20-17(26)14(10(5)23)22-16(25)13(9(3)4)21-15(24)11(19)7-29/h8-14,23,29H,6-7,19H2,1-5H3,(H,20,26)(H,21,24)(H,22,25)(H,27,28). The van der Waals surface area contributed by atoms with Crippen molar-refractivity contribution in [1.82, 2.24) is 16.0 Å². The average Bonchev–Trinajstić information content (AvgIpc) is 2.61. The molecular weight excluding hydrogens is 400 g/mol. The summed E-state index contributed by atoms with van der Waals surface area (Å²) in [5.74, 6) is -3.56. The minimum atomic E-state index is -1.40. The van der Waals surface area contributed by atoms with Crippen LogP contribution in [0.1, 0.15) is 41.0 Å². The third-order valence-electron chi connectivity index (χ3n) is 4.16. The van der Waals surface area contributed by atoms with E-state index in [-0.39, 0.29) is 24.0 Å². The molecule has 0 aromatic carbocycles. The largest absolute Gasteiger partial charge is 0.480 e. The summed E-state index contributed by atoms with van der Waals surface area (Å²) in [5, 5.41) is 26.5. The number of carboxylic acid groups (broad SMARTS) is 1. The van der Waals surface area contributed by atoms with Crippen molar-refractivity contribution in [2.45, 2.75) is 71.3 Å². The highest BCUT2D eigenvalue weighted by Crippen LogP contribution is 2.08. The van der Waals surface area contributed by atoms with Crippen molar-refractivity contribution in [3.05, 3.63) is 0 Å². The van der Waals surface area contributed by atoms with Gasteiger partial charge in [-0.2, -0.15) is 12.6 Å². The Morgan fingerprint density at radius 3 is 1.76 bits per heavy atom. The number of aliphatic hydroxyl groups excluding tert-OH is 1. The van der Waals surface area contributed by atoms with Crippen LogP contribution in [0.25, 0.3) is 0 Å². The molecule has 29 heavy (non-hydrogen) atoms. The molecule has 0 radical (unpaired) electrons. The lowest BCUT2D eigenvalue weighted by Crippen LogP contribution is -2.61. The maximum Gasteiger partial charge on any atom is 0.326 e. The zero-order valence-corrected chi connectivity index (χ0v) is 18.4. The van der Waals surface area contributed by atoms with Gasteiger partial charge in [0, 0.05) is 5.75 Å². The molecule has 0 aliphatic heterocycles. The highest BCUT2D eigenvalue weighted by molar-refractivity contribution is 7.80. The molecule has 5 unspecified atom stereocenters. The van der Waals surface area contributed by atoms with Gasteiger partial charge in [0.15, 0.2) is 0 Å². The fraction of sp³-hybridized carbons (Fsp3) is 0.778. The second-order valence-corrected chi connectivity index (χ2v) is 8.14. The van der Waals surface area contributed by atoms with Crippen LogP contribution < -0.4 is 21.7 Å². The van der Waals surface area contributed by atoms with Crippen molar-refractivity contribution in [1.29, 1.82) is 0 Å². The first kappa shape index (κ1) is 27.1. The molecule has 0 spiro atoms. The number of carbonyl (C=O) groups excluding carboxylic acids is 3. The van der Waals surface area contributed by atoms with Crippen molar-refractivity contribution in [2.24, 2.45) is 17.6 Å². The van der Waals surface area contributed by atoms with E-state index in [2.05, 4.69) is 28.6 Å². The fourth-order valence-electron chi connectivity index (χ4n) is 2.48. The first-order chi connectivity index (χ1) is 13.3. The molecule has 0 aliphatic carbocycles. The van der Waals surface area contributed by atoms with Crippen LogP contribution in [0.15, 0.2) is 0 Å². The lowest BCUT2D eigenvalue weighted by molar-refractivity contribution is -0.143. The minimum absolute atomic E-state index is 0.00700. The molecule has 7 N–H and O–H groups in total. The van der Waals surface area contributed by atoms with Crippen LogP contribution in [-0.4, -0.2) is 69.9 Å². The molecule has 0 fully saturated rings. The van der Waals surface area contributed by atoms with E-state index in [1.165, 1.54) is 6.92 Å². The van der Waals surface area contributed by atoms with Gasteiger partial charge in [-0.05, 0) is 25.2 Å². The van der Waals surface area contributed by atoms with Crippen molar-refractivity contribution in [3.63, 3.8) is 0 Å². The maximum atomic E-state index is 12.7. The summed E-state index contributed by atoms with van der Waals surface area (Å²) in [4.78, 5) is 48.6. The predicted octanol–water partition coefficient (Wildman–Crippen LogP) is -1.13. The number of carbonyl (C=O) groups is 4. The zero-order chi connectivity index (χ0) is 22.9. The van der Waals surface area contributed by atoms with E-state index >= 15 is 0 Å². The molecule has 0 aromatic heterocycles. The van der Waals surface area contributed by atoms with Crippen molar-refractivity contribution in [2.75, 3.05) is 5.75 Å². The highest BCUT2D eigenvalue weighted by Gasteiger charge is 2.33. The number of aliphatic carboxylic acids is 1. The molecule has 168 valence electrons. The SMILES string of the molecule is CC(C)CC(NC(=O)C(NC(=O)C(NC(=O)C(N)CS)C(C)C)C(C)O)C(=O)O. The number of hydrogen-bond acceptors (Lipinski definition) is 7. The number of carboxylic acids is 1. The summed E-state index contributed by atoms with van der Waals surface area (Å²) in [6, 6.07) is -4.47. The normalized spacial score (nSPS) is 16.5. The van der Waals surface area contributed by atoms with Gasteiger partial charge >= 0.3 is 5.97 Å². The predicted molar refractivity (Wildman–Crippen MR) is 111 cm³/mol. The van der Waals surface area contributed by atoms with E-state index in [1.54, 1.807) is 13.8 Å². The second-order valence-electron chi connectivity index (χ2n) is 7.78. The molecule has 5 atom stereocenters. The van der Waals surface area contributed by atoms with Gasteiger partial charge in [0.05, 0.1) is 12.1 Å². The Morgan fingerprint density at radius 1 is 0.897 bits per heavy atom. The molecule has 0 saturated heterocycles. The van der Waals surface area contributed by atoms with Crippen LogP contribution in [0, 0.1) is 11.8 Å². The molecule has 11 heteroatoms. The molecule has 0 bridgehead atoms. The maximum absolute atomic E-state index is 12.7. The third kappa shape index (κ3) is 9.46. The van der Waals surface area contributed by atoms with Gasteiger partial charge in [0.1, 0.15) is 18.1 Å². The van der Waals surface area contributed by atoms with E-state index in [4.69, 9.17) is 5.73 Å². The van der Waals surface area contributed by atoms with E-state index in [0.717, 1.165) is 0 Å². The number of hydrogen-bond donors (Lipinski definition) is 7. The Hall–Kier alpha value is -1.85. The topological polar surface area (TPSA) is 171 Å². The van der Waals surface area contributed by atoms with Gasteiger partial charge in [-0.1, -0.05) is 27.7 Å². The van der Waals surface area contributed by atoms with E-state index < -0.39 is 54.0 Å². The smallest absolute Gasteiger partial charge is 0.326 e. The van der Waals surface area contributed by atoms with E-state index in [0.29, 0.717) is 0 Å². The molecule has 0 saturated carbocycles. The number of thiol groups is 1. The Bertz CT molecular complexity index is 585. The van der Waals surface area contributed by atoms with Gasteiger partial charge in [-0.3, -0.25) is 14.4 Å². The van der Waals surface area contributed by atoms with Crippen LogP contribution in [-0.2, 0) is 19.2 Å². The van der Waals surface area contributed by atoms with Crippen LogP contribution in [0.2, 0.25) is 0 Å². The van der Waals surface area contributed by atoms with Crippen LogP contribution in [0.3, 0.4) is 0 Å². The monoisotopic (exact) mass is 434 g/mol. The van der Waals surface area contributed by atoms with Gasteiger partial charge in [-0.25, -0.2) is 4.79 Å². The summed E-state index contributed by atoms with van der Waals surface area (Å²) in [6.07, 6.45) is -1.11. The van der Waals surface area contributed by atoms with Gasteiger partial charge in [0.2, 0.25) is 17.7 Å². The third-order valence-corrected chi connectivity index (χ3v) is 4.56. The van der Waals surface area contributed by atoms with Crippen LogP contribution in [0.5, 0.6) is 0 Å². The first-order valence-corrected chi connectivity index (χ1v) is 10.1. The Kier molecular flexibility index (Phi) is 11.8. The second kappa shape index (κ2) is 12.7. The van der Waals surface area contributed by atoms with Crippen LogP contribution in [0.4, 0.5) is 0 Å². The van der Waals surface area contributed by atoms with E-state index in [9.17, 15) is 29.4 Å². The van der Waals surface area contributed by atoms with Crippen molar-refractivity contribution < 1.29 is 29.4 Å². The summed E-state index contributed by atoms with van der Waals surface area (Å²) < 4.78 is 0. The lowest BCUT2D eigenvalue weighted by atomic mass is 10.0. The molecule has 0 aliphatic rings. The van der Waals surface area contributed by atoms with Gasteiger partial charge in [0.25, 0.3) is 0 Å².